The van der Waals surface area contributed by atoms with E-state index >= 15 is 0 Å². The Kier molecular flexibility index (Phi) is 4.18. The molecular weight excluding hydrogens is 256 g/mol. The Morgan fingerprint density at radius 3 is 2.32 bits per heavy atom. The topological polar surface area (TPSA) is 38.7 Å². The summed E-state index contributed by atoms with van der Waals surface area (Å²) in [5.74, 6) is 0.242. The maximum absolute atomic E-state index is 10.7. The van der Waals surface area contributed by atoms with Crippen LogP contribution in [-0.4, -0.2) is 37.8 Å². The molecule has 1 saturated heterocycles. The Hall–Kier alpha value is 0.0969. The fraction of sp³-hybridized carbons (Fsp3) is 1.00. The molecule has 3 nitrogen and oxygen atoms in total. The lowest BCUT2D eigenvalue weighted by Gasteiger charge is -2.43. The molecule has 19 heavy (non-hydrogen) atoms. The molecule has 1 aliphatic carbocycles. The summed E-state index contributed by atoms with van der Waals surface area (Å²) in [5.41, 5.74) is -0.655. The van der Waals surface area contributed by atoms with Crippen molar-refractivity contribution in [1.29, 1.82) is 0 Å². The van der Waals surface area contributed by atoms with Crippen molar-refractivity contribution in [3.63, 3.8) is 0 Å². The fourth-order valence-corrected chi connectivity index (χ4v) is 5.96. The van der Waals surface area contributed by atoms with Crippen molar-refractivity contribution < 1.29 is 14.6 Å². The molecule has 1 heterocycles. The third kappa shape index (κ3) is 3.41. The number of hydrogen-bond acceptors (Lipinski definition) is 3. The van der Waals surface area contributed by atoms with Gasteiger partial charge in [0.2, 0.25) is 0 Å². The molecule has 0 aromatic rings. The largest absolute Gasteiger partial charge is 0.390 e. The lowest BCUT2D eigenvalue weighted by atomic mass is 9.78. The number of aliphatic hydroxyl groups is 1. The number of rotatable bonds is 4. The first-order valence-electron chi connectivity index (χ1n) is 7.64. The van der Waals surface area contributed by atoms with Crippen molar-refractivity contribution >= 4 is 8.07 Å². The fourth-order valence-electron chi connectivity index (χ4n) is 3.85. The highest BCUT2D eigenvalue weighted by Gasteiger charge is 2.54. The van der Waals surface area contributed by atoms with Crippen molar-refractivity contribution in [2.45, 2.75) is 70.2 Å². The van der Waals surface area contributed by atoms with Crippen molar-refractivity contribution in [3.8, 4) is 0 Å². The maximum atomic E-state index is 10.7. The van der Waals surface area contributed by atoms with Crippen LogP contribution in [0, 0.1) is 11.8 Å². The summed E-state index contributed by atoms with van der Waals surface area (Å²) in [5, 5.41) is 10.7. The van der Waals surface area contributed by atoms with Gasteiger partial charge in [0, 0.05) is 20.4 Å². The van der Waals surface area contributed by atoms with Gasteiger partial charge in [-0.25, -0.2) is 0 Å². The highest BCUT2D eigenvalue weighted by atomic mass is 28.3. The highest BCUT2D eigenvalue weighted by molar-refractivity contribution is 6.76. The lowest BCUT2D eigenvalue weighted by Crippen LogP contribution is -2.48. The molecule has 0 amide bonds. The smallest absolute Gasteiger partial charge is 0.171 e. The monoisotopic (exact) mass is 286 g/mol. The molecule has 0 aromatic carbocycles. The first kappa shape index (κ1) is 15.5. The van der Waals surface area contributed by atoms with E-state index < -0.39 is 13.7 Å². The Morgan fingerprint density at radius 1 is 1.26 bits per heavy atom. The predicted molar refractivity (Wildman–Crippen MR) is 79.9 cm³/mol. The van der Waals surface area contributed by atoms with Gasteiger partial charge in [-0.1, -0.05) is 25.7 Å². The van der Waals surface area contributed by atoms with Gasteiger partial charge >= 0.3 is 0 Å². The van der Waals surface area contributed by atoms with E-state index in [-0.39, 0.29) is 11.7 Å². The summed E-state index contributed by atoms with van der Waals surface area (Å²) >= 11 is 0. The molecule has 4 heteroatoms. The molecule has 1 N–H and O–H groups in total. The zero-order chi connectivity index (χ0) is 14.3. The molecule has 2 aliphatic rings. The Bertz CT molecular complexity index is 305. The summed E-state index contributed by atoms with van der Waals surface area (Å²) in [6.45, 7) is 12.5. The molecular formula is C15H30O3Si. The molecule has 0 bridgehead atoms. The Balaban J connectivity index is 2.22. The van der Waals surface area contributed by atoms with Crippen LogP contribution in [0.25, 0.3) is 0 Å². The highest BCUT2D eigenvalue weighted by Crippen LogP contribution is 2.50. The van der Waals surface area contributed by atoms with E-state index in [1.165, 1.54) is 0 Å². The van der Waals surface area contributed by atoms with Crippen LogP contribution in [0.15, 0.2) is 0 Å². The third-order valence-electron chi connectivity index (χ3n) is 4.61. The van der Waals surface area contributed by atoms with Gasteiger partial charge in [0.1, 0.15) is 0 Å². The molecule has 2 atom stereocenters. The summed E-state index contributed by atoms with van der Waals surface area (Å²) in [4.78, 5) is 0. The summed E-state index contributed by atoms with van der Waals surface area (Å²) in [6.07, 6.45) is 3.28. The van der Waals surface area contributed by atoms with Crippen molar-refractivity contribution in [2.75, 3.05) is 13.2 Å². The average molecular weight is 286 g/mol. The first-order valence-corrected chi connectivity index (χ1v) is 11.4. The van der Waals surface area contributed by atoms with Crippen LogP contribution in [0.5, 0.6) is 0 Å². The van der Waals surface area contributed by atoms with Gasteiger partial charge in [-0.2, -0.15) is 0 Å². The molecule has 112 valence electrons. The van der Waals surface area contributed by atoms with Gasteiger partial charge in [-0.3, -0.25) is 0 Å². The maximum Gasteiger partial charge on any atom is 0.171 e. The predicted octanol–water partition coefficient (Wildman–Crippen LogP) is 3.25. The first-order chi connectivity index (χ1) is 8.64. The minimum absolute atomic E-state index is 0.278. The lowest BCUT2D eigenvalue weighted by molar-refractivity contribution is -0.205. The summed E-state index contributed by atoms with van der Waals surface area (Å²) in [7, 11) is -1.24. The standard InChI is InChI=1S/C15H30O3Si/c1-14(2,16)13(11-19(3,4)5)12-7-6-8-15(12)17-9-10-18-15/h12-13,16H,6-11H2,1-5H3/t12-,13-/m0/s1. The zero-order valence-corrected chi connectivity index (χ0v) is 14.2. The molecule has 1 spiro atoms. The number of ether oxygens (including phenoxy) is 2. The molecule has 0 unspecified atom stereocenters. The molecule has 1 aliphatic heterocycles. The quantitative estimate of drug-likeness (QED) is 0.806. The van der Waals surface area contributed by atoms with Crippen LogP contribution in [0.1, 0.15) is 33.1 Å². The summed E-state index contributed by atoms with van der Waals surface area (Å²) in [6, 6.07) is 1.13. The molecule has 2 rings (SSSR count). The molecule has 0 aromatic heterocycles. The van der Waals surface area contributed by atoms with Crippen molar-refractivity contribution in [3.05, 3.63) is 0 Å². The molecule has 2 fully saturated rings. The van der Waals surface area contributed by atoms with Gasteiger partial charge in [-0.15, -0.1) is 0 Å². The third-order valence-corrected chi connectivity index (χ3v) is 6.27. The van der Waals surface area contributed by atoms with E-state index in [4.69, 9.17) is 9.47 Å². The van der Waals surface area contributed by atoms with Crippen LogP contribution in [-0.2, 0) is 9.47 Å². The van der Waals surface area contributed by atoms with Gasteiger partial charge in [0.05, 0.1) is 18.8 Å². The van der Waals surface area contributed by atoms with Gasteiger partial charge in [-0.05, 0) is 32.6 Å². The van der Waals surface area contributed by atoms with Crippen molar-refractivity contribution in [2.24, 2.45) is 11.8 Å². The van der Waals surface area contributed by atoms with Crippen LogP contribution in [0.4, 0.5) is 0 Å². The van der Waals surface area contributed by atoms with E-state index in [1.54, 1.807) is 0 Å². The van der Waals surface area contributed by atoms with E-state index in [0.29, 0.717) is 19.1 Å². The van der Waals surface area contributed by atoms with Gasteiger partial charge < -0.3 is 14.6 Å². The van der Waals surface area contributed by atoms with Crippen LogP contribution in [0.3, 0.4) is 0 Å². The van der Waals surface area contributed by atoms with E-state index in [2.05, 4.69) is 19.6 Å². The van der Waals surface area contributed by atoms with Crippen LogP contribution >= 0.6 is 0 Å². The Labute approximate surface area is 118 Å². The van der Waals surface area contributed by atoms with Crippen LogP contribution in [0.2, 0.25) is 25.7 Å². The SMILES string of the molecule is CC(C)(O)[C@@H](C[Si](C)(C)C)[C@@H]1CCCC12OCCO2. The Morgan fingerprint density at radius 2 is 1.84 bits per heavy atom. The second-order valence-electron chi connectivity index (χ2n) is 8.03. The van der Waals surface area contributed by atoms with E-state index in [1.807, 2.05) is 13.8 Å². The second kappa shape index (κ2) is 5.13. The van der Waals surface area contributed by atoms with E-state index in [9.17, 15) is 5.11 Å². The zero-order valence-electron chi connectivity index (χ0n) is 13.2. The molecule has 0 radical (unpaired) electrons. The normalized spacial score (nSPS) is 29.1. The minimum atomic E-state index is -1.24. The van der Waals surface area contributed by atoms with E-state index in [0.717, 1.165) is 25.3 Å². The summed E-state index contributed by atoms with van der Waals surface area (Å²) < 4.78 is 12.0. The van der Waals surface area contributed by atoms with Crippen LogP contribution < -0.4 is 0 Å². The van der Waals surface area contributed by atoms with Crippen molar-refractivity contribution in [1.82, 2.24) is 0 Å². The van der Waals surface area contributed by atoms with Gasteiger partial charge in [0.15, 0.2) is 5.79 Å². The average Bonchev–Trinajstić information content (AvgIpc) is 2.84. The molecule has 1 saturated carbocycles. The second-order valence-corrected chi connectivity index (χ2v) is 13.6. The minimum Gasteiger partial charge on any atom is -0.390 e. The number of hydrogen-bond donors (Lipinski definition) is 1. The van der Waals surface area contributed by atoms with Gasteiger partial charge in [0.25, 0.3) is 0 Å².